The normalized spacial score (nSPS) is 44.1. The number of rotatable bonds is 3. The van der Waals surface area contributed by atoms with Gasteiger partial charge in [-0.15, -0.1) is 0 Å². The maximum absolute atomic E-state index is 6.12. The van der Waals surface area contributed by atoms with Crippen molar-refractivity contribution in [1.29, 1.82) is 0 Å². The summed E-state index contributed by atoms with van der Waals surface area (Å²) < 4.78 is 5.85. The van der Waals surface area contributed by atoms with Crippen LogP contribution in [-0.2, 0) is 4.74 Å². The number of fused-ring (bicyclic) bond motifs is 2. The van der Waals surface area contributed by atoms with E-state index >= 15 is 0 Å². The Morgan fingerprint density at radius 2 is 1.81 bits per heavy atom. The van der Waals surface area contributed by atoms with Gasteiger partial charge in [0.05, 0.1) is 12.2 Å². The zero-order valence-electron chi connectivity index (χ0n) is 10.1. The van der Waals surface area contributed by atoms with E-state index in [0.29, 0.717) is 18.2 Å². The van der Waals surface area contributed by atoms with Crippen molar-refractivity contribution in [3.8, 4) is 0 Å². The molecule has 0 aromatic heterocycles. The lowest BCUT2D eigenvalue weighted by molar-refractivity contribution is -0.0395. The smallest absolute Gasteiger partial charge is 0.0707 e. The Balaban J connectivity index is 1.45. The first-order valence-corrected chi connectivity index (χ1v) is 6.94. The van der Waals surface area contributed by atoms with Gasteiger partial charge in [0.2, 0.25) is 0 Å². The van der Waals surface area contributed by atoms with E-state index in [4.69, 9.17) is 10.5 Å². The Morgan fingerprint density at radius 3 is 2.44 bits per heavy atom. The van der Waals surface area contributed by atoms with Crippen LogP contribution in [0.1, 0.15) is 38.5 Å². The molecule has 0 spiro atoms. The molecular weight excluding hydrogens is 200 g/mol. The topological polar surface area (TPSA) is 38.5 Å². The van der Waals surface area contributed by atoms with Gasteiger partial charge in [-0.2, -0.15) is 0 Å². The Hall–Kier alpha value is -0.120. The minimum Gasteiger partial charge on any atom is -0.372 e. The molecule has 0 amide bonds. The molecule has 1 aliphatic carbocycles. The van der Waals surface area contributed by atoms with Crippen LogP contribution >= 0.6 is 0 Å². The van der Waals surface area contributed by atoms with Crippen molar-refractivity contribution < 1.29 is 4.74 Å². The summed E-state index contributed by atoms with van der Waals surface area (Å²) in [5, 5.41) is 0. The molecule has 2 N–H and O–H groups in total. The highest BCUT2D eigenvalue weighted by Crippen LogP contribution is 2.29. The molecule has 92 valence electrons. The fourth-order valence-corrected chi connectivity index (χ4v) is 3.65. The maximum Gasteiger partial charge on any atom is 0.0707 e. The molecule has 0 radical (unpaired) electrons. The van der Waals surface area contributed by atoms with Crippen molar-refractivity contribution in [3.05, 3.63) is 0 Å². The molecule has 0 aromatic rings. The van der Waals surface area contributed by atoms with Gasteiger partial charge in [0.15, 0.2) is 0 Å². The van der Waals surface area contributed by atoms with Crippen molar-refractivity contribution in [3.63, 3.8) is 0 Å². The van der Waals surface area contributed by atoms with E-state index < -0.39 is 0 Å². The molecular formula is C13H24N2O. The van der Waals surface area contributed by atoms with Crippen molar-refractivity contribution in [2.75, 3.05) is 19.6 Å². The standard InChI is InChI=1S/C13H24N2O/c14-13-3-1-2-10(13)6-7-15-8-11-4-5-12(9-15)16-11/h10-13H,1-9,14H2. The highest BCUT2D eigenvalue weighted by atomic mass is 16.5. The molecule has 3 fully saturated rings. The summed E-state index contributed by atoms with van der Waals surface area (Å²) in [7, 11) is 0. The van der Waals surface area contributed by atoms with Gasteiger partial charge in [-0.25, -0.2) is 0 Å². The Labute approximate surface area is 98.3 Å². The highest BCUT2D eigenvalue weighted by molar-refractivity contribution is 4.86. The predicted octanol–water partition coefficient (Wildman–Crippen LogP) is 1.37. The SMILES string of the molecule is NC1CCCC1CCN1CC2CCC(C1)O2. The molecule has 2 aliphatic heterocycles. The minimum atomic E-state index is 0.484. The number of likely N-dealkylation sites (tertiary alicyclic amines) is 1. The molecule has 2 bridgehead atoms. The quantitative estimate of drug-likeness (QED) is 0.787. The maximum atomic E-state index is 6.12. The van der Waals surface area contributed by atoms with Gasteiger partial charge in [-0.1, -0.05) is 6.42 Å². The van der Waals surface area contributed by atoms with E-state index in [9.17, 15) is 0 Å². The summed E-state index contributed by atoms with van der Waals surface area (Å²) in [6.07, 6.45) is 8.90. The number of nitrogens with two attached hydrogens (primary N) is 1. The van der Waals surface area contributed by atoms with Crippen LogP contribution < -0.4 is 5.73 Å². The predicted molar refractivity (Wildman–Crippen MR) is 64.3 cm³/mol. The summed E-state index contributed by atoms with van der Waals surface area (Å²) in [5.41, 5.74) is 6.12. The van der Waals surface area contributed by atoms with Crippen molar-refractivity contribution >= 4 is 0 Å². The largest absolute Gasteiger partial charge is 0.372 e. The zero-order chi connectivity index (χ0) is 11.0. The van der Waals surface area contributed by atoms with Crippen molar-refractivity contribution in [2.24, 2.45) is 11.7 Å². The molecule has 3 aliphatic rings. The van der Waals surface area contributed by atoms with Crippen LogP contribution in [0.15, 0.2) is 0 Å². The van der Waals surface area contributed by atoms with Crippen molar-refractivity contribution in [1.82, 2.24) is 4.90 Å². The minimum absolute atomic E-state index is 0.484. The summed E-state index contributed by atoms with van der Waals surface area (Å²) in [4.78, 5) is 2.61. The van der Waals surface area contributed by atoms with E-state index in [2.05, 4.69) is 4.90 Å². The fraction of sp³-hybridized carbons (Fsp3) is 1.00. The van der Waals surface area contributed by atoms with Gasteiger partial charge < -0.3 is 10.5 Å². The van der Waals surface area contributed by atoms with Gasteiger partial charge >= 0.3 is 0 Å². The van der Waals surface area contributed by atoms with Gasteiger partial charge in [0.1, 0.15) is 0 Å². The van der Waals surface area contributed by atoms with Crippen LogP contribution in [0, 0.1) is 5.92 Å². The number of nitrogens with zero attached hydrogens (tertiary/aromatic N) is 1. The summed E-state index contributed by atoms with van der Waals surface area (Å²) >= 11 is 0. The molecule has 3 heteroatoms. The third-order valence-electron chi connectivity index (χ3n) is 4.65. The van der Waals surface area contributed by atoms with Gasteiger partial charge in [-0.3, -0.25) is 4.90 Å². The molecule has 0 aromatic carbocycles. The second-order valence-corrected chi connectivity index (χ2v) is 5.86. The summed E-state index contributed by atoms with van der Waals surface area (Å²) in [6.45, 7) is 3.58. The lowest BCUT2D eigenvalue weighted by Crippen LogP contribution is -2.43. The average molecular weight is 224 g/mol. The van der Waals surface area contributed by atoms with E-state index in [1.807, 2.05) is 0 Å². The molecule has 1 saturated carbocycles. The molecule has 3 rings (SSSR count). The second-order valence-electron chi connectivity index (χ2n) is 5.86. The monoisotopic (exact) mass is 224 g/mol. The number of morpholine rings is 1. The molecule has 4 unspecified atom stereocenters. The van der Waals surface area contributed by atoms with Crippen LogP contribution in [-0.4, -0.2) is 42.8 Å². The Kier molecular flexibility index (Phi) is 3.18. The van der Waals surface area contributed by atoms with E-state index in [1.165, 1.54) is 58.2 Å². The molecule has 3 nitrogen and oxygen atoms in total. The van der Waals surface area contributed by atoms with E-state index in [-0.39, 0.29) is 0 Å². The Morgan fingerprint density at radius 1 is 1.06 bits per heavy atom. The van der Waals surface area contributed by atoms with Gasteiger partial charge in [0.25, 0.3) is 0 Å². The lowest BCUT2D eigenvalue weighted by atomic mass is 10.00. The van der Waals surface area contributed by atoms with Crippen molar-refractivity contribution in [2.45, 2.75) is 56.8 Å². The van der Waals surface area contributed by atoms with Gasteiger partial charge in [-0.05, 0) is 44.6 Å². The van der Waals surface area contributed by atoms with Crippen LogP contribution in [0.25, 0.3) is 0 Å². The first-order valence-electron chi connectivity index (χ1n) is 6.94. The molecule has 2 saturated heterocycles. The fourth-order valence-electron chi connectivity index (χ4n) is 3.65. The lowest BCUT2D eigenvalue weighted by Gasteiger charge is -2.33. The van der Waals surface area contributed by atoms with Crippen LogP contribution in [0.3, 0.4) is 0 Å². The first kappa shape index (κ1) is 11.0. The third-order valence-corrected chi connectivity index (χ3v) is 4.65. The molecule has 2 heterocycles. The van der Waals surface area contributed by atoms with E-state index in [0.717, 1.165) is 5.92 Å². The Bertz CT molecular complexity index is 234. The summed E-state index contributed by atoms with van der Waals surface area (Å²) in [6, 6.07) is 0.484. The van der Waals surface area contributed by atoms with Gasteiger partial charge in [0, 0.05) is 19.1 Å². The first-order chi connectivity index (χ1) is 7.81. The molecule has 4 atom stereocenters. The number of hydrogen-bond donors (Lipinski definition) is 1. The van der Waals surface area contributed by atoms with E-state index in [1.54, 1.807) is 0 Å². The number of hydrogen-bond acceptors (Lipinski definition) is 3. The van der Waals surface area contributed by atoms with Crippen LogP contribution in [0.5, 0.6) is 0 Å². The summed E-state index contributed by atoms with van der Waals surface area (Å²) in [5.74, 6) is 0.792. The zero-order valence-corrected chi connectivity index (χ0v) is 10.1. The molecule has 16 heavy (non-hydrogen) atoms. The number of ether oxygens (including phenoxy) is 1. The van der Waals surface area contributed by atoms with Crippen LogP contribution in [0.4, 0.5) is 0 Å². The third kappa shape index (κ3) is 2.27. The highest BCUT2D eigenvalue weighted by Gasteiger charge is 2.34. The van der Waals surface area contributed by atoms with Crippen LogP contribution in [0.2, 0.25) is 0 Å². The average Bonchev–Trinajstić information content (AvgIpc) is 2.83. The second kappa shape index (κ2) is 4.63.